The van der Waals surface area contributed by atoms with Crippen LogP contribution in [0.15, 0.2) is 90.3 Å². The van der Waals surface area contributed by atoms with E-state index < -0.39 is 0 Å². The zero-order chi connectivity index (χ0) is 21.8. The highest BCUT2D eigenvalue weighted by atomic mass is 32.1. The third kappa shape index (κ3) is 4.71. The molecule has 5 nitrogen and oxygen atoms in total. The van der Waals surface area contributed by atoms with E-state index >= 15 is 0 Å². The van der Waals surface area contributed by atoms with E-state index in [9.17, 15) is 4.79 Å². The summed E-state index contributed by atoms with van der Waals surface area (Å²) in [5, 5.41) is 9.68. The molecule has 1 aromatic heterocycles. The first-order valence-corrected chi connectivity index (χ1v) is 11.1. The molecule has 0 aliphatic carbocycles. The van der Waals surface area contributed by atoms with Crippen molar-refractivity contribution in [3.63, 3.8) is 0 Å². The number of ether oxygens (including phenoxy) is 2. The van der Waals surface area contributed by atoms with Crippen molar-refractivity contribution in [2.24, 2.45) is 0 Å². The van der Waals surface area contributed by atoms with Gasteiger partial charge in [-0.1, -0.05) is 60.7 Å². The fraction of sp³-hybridized carbons (Fsp3) is 0.0769. The molecule has 0 saturated heterocycles. The topological polar surface area (TPSA) is 60.5 Å². The van der Waals surface area contributed by atoms with Gasteiger partial charge in [0.1, 0.15) is 18.1 Å². The number of rotatable bonds is 7. The van der Waals surface area contributed by atoms with Crippen molar-refractivity contribution in [2.75, 3.05) is 11.9 Å². The van der Waals surface area contributed by atoms with Crippen molar-refractivity contribution >= 4 is 43.9 Å². The number of hydrogen-bond acceptors (Lipinski definition) is 5. The molecule has 0 fully saturated rings. The maximum absolute atomic E-state index is 12.3. The highest BCUT2D eigenvalue weighted by molar-refractivity contribution is 7.13. The van der Waals surface area contributed by atoms with Crippen LogP contribution in [0.5, 0.6) is 11.5 Å². The van der Waals surface area contributed by atoms with Crippen molar-refractivity contribution in [1.29, 1.82) is 0 Å². The molecular formula is C26H20N2O3S. The van der Waals surface area contributed by atoms with E-state index in [2.05, 4.69) is 22.4 Å². The minimum Gasteiger partial charge on any atom is -0.487 e. The molecule has 4 aromatic carbocycles. The first-order chi connectivity index (χ1) is 15.7. The van der Waals surface area contributed by atoms with E-state index in [1.165, 1.54) is 16.7 Å². The lowest BCUT2D eigenvalue weighted by Gasteiger charge is -2.07. The molecule has 0 unspecified atom stereocenters. The summed E-state index contributed by atoms with van der Waals surface area (Å²) in [7, 11) is 0. The number of amides is 1. The maximum Gasteiger partial charge on any atom is 0.264 e. The van der Waals surface area contributed by atoms with Gasteiger partial charge >= 0.3 is 0 Å². The number of carbonyl (C=O) groups excluding carboxylic acids is 1. The predicted molar refractivity (Wildman–Crippen MR) is 128 cm³/mol. The van der Waals surface area contributed by atoms with Crippen LogP contribution < -0.4 is 14.8 Å². The van der Waals surface area contributed by atoms with Crippen LogP contribution >= 0.6 is 11.3 Å². The van der Waals surface area contributed by atoms with Crippen molar-refractivity contribution in [3.8, 4) is 11.5 Å². The van der Waals surface area contributed by atoms with Crippen LogP contribution in [0, 0.1) is 0 Å². The van der Waals surface area contributed by atoms with Gasteiger partial charge < -0.3 is 9.47 Å². The van der Waals surface area contributed by atoms with Crippen LogP contribution in [-0.2, 0) is 11.4 Å². The summed E-state index contributed by atoms with van der Waals surface area (Å²) < 4.78 is 11.5. The fourth-order valence-corrected chi connectivity index (χ4v) is 4.12. The Hall–Kier alpha value is -3.90. The number of carbonyl (C=O) groups is 1. The maximum atomic E-state index is 12.3. The molecule has 5 rings (SSSR count). The van der Waals surface area contributed by atoms with Crippen LogP contribution in [-0.4, -0.2) is 17.5 Å². The lowest BCUT2D eigenvalue weighted by Crippen LogP contribution is -2.20. The van der Waals surface area contributed by atoms with Gasteiger partial charge in [-0.2, -0.15) is 0 Å². The minimum absolute atomic E-state index is 0.0825. The summed E-state index contributed by atoms with van der Waals surface area (Å²) in [6.45, 7) is 0.249. The van der Waals surface area contributed by atoms with Crippen LogP contribution in [0.2, 0.25) is 0 Å². The Morgan fingerprint density at radius 3 is 2.03 bits per heavy atom. The molecule has 0 spiro atoms. The lowest BCUT2D eigenvalue weighted by molar-refractivity contribution is -0.118. The molecule has 32 heavy (non-hydrogen) atoms. The van der Waals surface area contributed by atoms with Crippen LogP contribution in [0.3, 0.4) is 0 Å². The lowest BCUT2D eigenvalue weighted by atomic mass is 10.1. The van der Waals surface area contributed by atoms with Gasteiger partial charge in [-0.05, 0) is 45.8 Å². The number of thiazole rings is 1. The monoisotopic (exact) mass is 440 g/mol. The summed E-state index contributed by atoms with van der Waals surface area (Å²) in [5.41, 5.74) is 0.758. The molecule has 5 aromatic rings. The molecular weight excluding hydrogens is 420 g/mol. The Balaban J connectivity index is 1.14. The second kappa shape index (κ2) is 9.08. The van der Waals surface area contributed by atoms with E-state index in [0.717, 1.165) is 27.6 Å². The Morgan fingerprint density at radius 2 is 1.38 bits per heavy atom. The molecule has 1 amide bonds. The summed E-state index contributed by atoms with van der Waals surface area (Å²) in [6, 6.07) is 27.9. The van der Waals surface area contributed by atoms with Gasteiger partial charge in [0.05, 0.1) is 5.69 Å². The average molecular weight is 441 g/mol. The number of fused-ring (bicyclic) bond motifs is 2. The Bertz CT molecular complexity index is 1400. The number of hydrogen-bond donors (Lipinski definition) is 1. The number of anilines is 1. The van der Waals surface area contributed by atoms with Gasteiger partial charge in [-0.15, -0.1) is 11.3 Å². The fourth-order valence-electron chi connectivity index (χ4n) is 3.41. The quantitative estimate of drug-likeness (QED) is 0.335. The Morgan fingerprint density at radius 1 is 0.781 bits per heavy atom. The number of benzene rings is 4. The summed E-state index contributed by atoms with van der Waals surface area (Å²) in [6.07, 6.45) is 0. The van der Waals surface area contributed by atoms with Gasteiger partial charge in [0.2, 0.25) is 0 Å². The molecule has 0 radical (unpaired) electrons. The largest absolute Gasteiger partial charge is 0.487 e. The first kappa shape index (κ1) is 20.0. The Kier molecular flexibility index (Phi) is 5.68. The molecule has 1 N–H and O–H groups in total. The Labute approximate surface area is 189 Å². The van der Waals surface area contributed by atoms with E-state index in [4.69, 9.17) is 9.47 Å². The van der Waals surface area contributed by atoms with Gasteiger partial charge in [0.25, 0.3) is 5.91 Å². The van der Waals surface area contributed by atoms with Crippen LogP contribution in [0.1, 0.15) is 5.69 Å². The van der Waals surface area contributed by atoms with Gasteiger partial charge in [0.15, 0.2) is 11.7 Å². The van der Waals surface area contributed by atoms with Crippen molar-refractivity contribution in [3.05, 3.63) is 96.0 Å². The summed E-state index contributed by atoms with van der Waals surface area (Å²) in [4.78, 5) is 16.7. The molecule has 158 valence electrons. The van der Waals surface area contributed by atoms with Gasteiger partial charge in [0, 0.05) is 5.38 Å². The van der Waals surface area contributed by atoms with E-state index in [1.807, 2.05) is 78.2 Å². The number of aromatic nitrogens is 1. The van der Waals surface area contributed by atoms with Crippen LogP contribution in [0.4, 0.5) is 5.13 Å². The van der Waals surface area contributed by atoms with E-state index in [0.29, 0.717) is 17.5 Å². The van der Waals surface area contributed by atoms with Gasteiger partial charge in [-0.3, -0.25) is 10.1 Å². The van der Waals surface area contributed by atoms with E-state index in [1.54, 1.807) is 0 Å². The molecule has 0 saturated carbocycles. The molecule has 1 heterocycles. The second-order valence-corrected chi connectivity index (χ2v) is 8.15. The zero-order valence-electron chi connectivity index (χ0n) is 17.2. The molecule has 0 atom stereocenters. The minimum atomic E-state index is -0.255. The molecule has 6 heteroatoms. The highest BCUT2D eigenvalue weighted by Crippen LogP contribution is 2.23. The number of nitrogens with zero attached hydrogens (tertiary/aromatic N) is 1. The smallest absolute Gasteiger partial charge is 0.264 e. The third-order valence-electron chi connectivity index (χ3n) is 5.00. The average Bonchev–Trinajstić information content (AvgIpc) is 3.28. The predicted octanol–water partition coefficient (Wildman–Crippen LogP) is 6.05. The zero-order valence-corrected chi connectivity index (χ0v) is 18.0. The third-order valence-corrected chi connectivity index (χ3v) is 5.80. The molecule has 0 bridgehead atoms. The van der Waals surface area contributed by atoms with Crippen molar-refractivity contribution in [2.45, 2.75) is 6.61 Å². The SMILES string of the molecule is O=C(COc1ccc2ccccc2c1)Nc1nc(COc2ccc3ccccc3c2)cs1. The molecule has 0 aliphatic rings. The second-order valence-electron chi connectivity index (χ2n) is 7.29. The normalized spacial score (nSPS) is 10.9. The van der Waals surface area contributed by atoms with Crippen molar-refractivity contribution in [1.82, 2.24) is 4.98 Å². The van der Waals surface area contributed by atoms with Crippen molar-refractivity contribution < 1.29 is 14.3 Å². The summed E-state index contributed by atoms with van der Waals surface area (Å²) >= 11 is 1.36. The first-order valence-electron chi connectivity index (χ1n) is 10.2. The van der Waals surface area contributed by atoms with E-state index in [-0.39, 0.29) is 12.5 Å². The van der Waals surface area contributed by atoms with Crippen LogP contribution in [0.25, 0.3) is 21.5 Å². The van der Waals surface area contributed by atoms with Gasteiger partial charge in [-0.25, -0.2) is 4.98 Å². The standard InChI is InChI=1S/C26H20N2O3S/c29-25(16-31-24-12-10-19-6-2-4-8-21(19)14-24)28-26-27-22(17-32-26)15-30-23-11-9-18-5-1-3-7-20(18)13-23/h1-14,17H,15-16H2,(H,27,28,29). The summed E-state index contributed by atoms with van der Waals surface area (Å²) in [5.74, 6) is 1.18. The highest BCUT2D eigenvalue weighted by Gasteiger charge is 2.09. The molecule has 0 aliphatic heterocycles. The number of nitrogens with one attached hydrogen (secondary N) is 1.